The van der Waals surface area contributed by atoms with E-state index in [-0.39, 0.29) is 23.0 Å². The van der Waals surface area contributed by atoms with Crippen LogP contribution in [-0.4, -0.2) is 35.6 Å². The van der Waals surface area contributed by atoms with Crippen molar-refractivity contribution >= 4 is 34.2 Å². The molecule has 2 rings (SSSR count). The Balaban J connectivity index is 2.24. The fraction of sp³-hybridized carbons (Fsp3) is 0.389. The minimum atomic E-state index is -0.516. The lowest BCUT2D eigenvalue weighted by atomic mass is 10.2. The maximum absolute atomic E-state index is 11.5. The van der Waals surface area contributed by atoms with Crippen LogP contribution in [0.2, 0.25) is 0 Å². The Kier molecular flexibility index (Phi) is 7.44. The Morgan fingerprint density at radius 1 is 1.46 bits per heavy atom. The van der Waals surface area contributed by atoms with Gasteiger partial charge in [0.25, 0.3) is 0 Å². The summed E-state index contributed by atoms with van der Waals surface area (Å²) in [6, 6.07) is 2.97. The van der Waals surface area contributed by atoms with Crippen LogP contribution in [0.1, 0.15) is 47.6 Å². The van der Waals surface area contributed by atoms with E-state index in [1.807, 2.05) is 6.92 Å². The molecule has 150 valence electrons. The van der Waals surface area contributed by atoms with E-state index in [2.05, 4.69) is 15.5 Å². The van der Waals surface area contributed by atoms with E-state index in [9.17, 15) is 14.9 Å². The summed E-state index contributed by atoms with van der Waals surface area (Å²) in [4.78, 5) is 27.2. The first kappa shape index (κ1) is 21.3. The second-order valence-electron chi connectivity index (χ2n) is 5.89. The number of nitro groups is 1. The zero-order valence-corrected chi connectivity index (χ0v) is 17.0. The van der Waals surface area contributed by atoms with Crippen molar-refractivity contribution in [3.8, 4) is 11.5 Å². The second kappa shape index (κ2) is 9.79. The lowest BCUT2D eigenvalue weighted by Gasteiger charge is -2.11. The zero-order valence-electron chi connectivity index (χ0n) is 16.1. The van der Waals surface area contributed by atoms with Crippen molar-refractivity contribution in [1.82, 2.24) is 4.98 Å². The number of ether oxygens (including phenoxy) is 2. The molecule has 10 heteroatoms. The average Bonchev–Trinajstić information content (AvgIpc) is 3.03. The maximum Gasteiger partial charge on any atom is 0.315 e. The van der Waals surface area contributed by atoms with Gasteiger partial charge in [0.2, 0.25) is 10.9 Å². The van der Waals surface area contributed by atoms with Crippen molar-refractivity contribution in [1.29, 1.82) is 0 Å². The van der Waals surface area contributed by atoms with Crippen LogP contribution in [0.5, 0.6) is 11.5 Å². The molecule has 0 radical (unpaired) electrons. The fourth-order valence-corrected chi connectivity index (χ4v) is 3.18. The van der Waals surface area contributed by atoms with Gasteiger partial charge in [-0.2, -0.15) is 5.10 Å². The normalized spacial score (nSPS) is 10.9. The van der Waals surface area contributed by atoms with Crippen LogP contribution >= 0.6 is 11.3 Å². The molecular formula is C18H22N4O5S. The van der Waals surface area contributed by atoms with Gasteiger partial charge in [0.15, 0.2) is 11.5 Å². The fourth-order valence-electron chi connectivity index (χ4n) is 2.37. The van der Waals surface area contributed by atoms with E-state index in [1.165, 1.54) is 37.7 Å². The lowest BCUT2D eigenvalue weighted by Crippen LogP contribution is -2.03. The van der Waals surface area contributed by atoms with Gasteiger partial charge in [0, 0.05) is 18.6 Å². The molecule has 0 unspecified atom stereocenters. The van der Waals surface area contributed by atoms with E-state index >= 15 is 0 Å². The average molecular weight is 406 g/mol. The number of carbonyl (C=O) groups excluding carboxylic acids is 1. The van der Waals surface area contributed by atoms with Crippen LogP contribution in [0.4, 0.5) is 10.8 Å². The highest BCUT2D eigenvalue weighted by Gasteiger charge is 2.22. The van der Waals surface area contributed by atoms with Crippen molar-refractivity contribution in [3.05, 3.63) is 38.4 Å². The molecule has 0 aliphatic carbocycles. The number of benzene rings is 1. The molecule has 0 aliphatic heterocycles. The van der Waals surface area contributed by atoms with Crippen LogP contribution < -0.4 is 14.9 Å². The lowest BCUT2D eigenvalue weighted by molar-refractivity contribution is -0.386. The zero-order chi connectivity index (χ0) is 20.7. The molecule has 0 saturated carbocycles. The molecule has 9 nitrogen and oxygen atoms in total. The van der Waals surface area contributed by atoms with Gasteiger partial charge in [0.1, 0.15) is 0 Å². The summed E-state index contributed by atoms with van der Waals surface area (Å²) in [5.41, 5.74) is 3.62. The third-order valence-electron chi connectivity index (χ3n) is 3.71. The molecule has 0 fully saturated rings. The van der Waals surface area contributed by atoms with Crippen LogP contribution in [0.25, 0.3) is 0 Å². The standard InChI is InChI=1S/C18H22N4O5S/c1-5-6-7-27-16-14(22(24)25)8-13(9-15(16)26-4)10-19-21-18-20-11(2)17(28-18)12(3)23/h8-10H,5-7H2,1-4H3,(H,20,21)/b19-10-. The number of hydrogen-bond acceptors (Lipinski definition) is 9. The highest BCUT2D eigenvalue weighted by molar-refractivity contribution is 7.17. The molecule has 0 amide bonds. The van der Waals surface area contributed by atoms with Gasteiger partial charge in [-0.25, -0.2) is 4.98 Å². The number of anilines is 1. The number of nitrogens with one attached hydrogen (secondary N) is 1. The smallest absolute Gasteiger partial charge is 0.315 e. The first-order valence-electron chi connectivity index (χ1n) is 8.64. The molecule has 2 aromatic rings. The molecule has 1 aromatic heterocycles. The summed E-state index contributed by atoms with van der Waals surface area (Å²) in [5, 5.41) is 16.0. The van der Waals surface area contributed by atoms with Crippen molar-refractivity contribution in [2.75, 3.05) is 19.1 Å². The number of thiazole rings is 1. The van der Waals surface area contributed by atoms with Gasteiger partial charge in [0.05, 0.1) is 35.4 Å². The topological polar surface area (TPSA) is 116 Å². The summed E-state index contributed by atoms with van der Waals surface area (Å²) in [6.45, 7) is 5.59. The third-order valence-corrected chi connectivity index (χ3v) is 4.87. The Bertz CT molecular complexity index is 894. The number of rotatable bonds is 10. The van der Waals surface area contributed by atoms with Gasteiger partial charge in [-0.1, -0.05) is 24.7 Å². The molecular weight excluding hydrogens is 384 g/mol. The number of carbonyl (C=O) groups is 1. The first-order chi connectivity index (χ1) is 13.4. The number of methoxy groups -OCH3 is 1. The van der Waals surface area contributed by atoms with Crippen molar-refractivity contribution in [2.24, 2.45) is 5.10 Å². The minimum absolute atomic E-state index is 0.0638. The summed E-state index contributed by atoms with van der Waals surface area (Å²) in [5.74, 6) is 0.300. The van der Waals surface area contributed by atoms with Crippen LogP contribution in [0.15, 0.2) is 17.2 Å². The van der Waals surface area contributed by atoms with Crippen molar-refractivity contribution < 1.29 is 19.2 Å². The summed E-state index contributed by atoms with van der Waals surface area (Å²) in [6.07, 6.45) is 3.10. The number of ketones is 1. The van der Waals surface area contributed by atoms with E-state index in [4.69, 9.17) is 9.47 Å². The van der Waals surface area contributed by atoms with Gasteiger partial charge in [-0.05, 0) is 19.4 Å². The highest BCUT2D eigenvalue weighted by Crippen LogP contribution is 2.38. The van der Waals surface area contributed by atoms with Gasteiger partial charge >= 0.3 is 5.69 Å². The molecule has 0 saturated heterocycles. The van der Waals surface area contributed by atoms with Crippen molar-refractivity contribution in [3.63, 3.8) is 0 Å². The monoisotopic (exact) mass is 406 g/mol. The molecule has 1 N–H and O–H groups in total. The minimum Gasteiger partial charge on any atom is -0.493 e. The van der Waals surface area contributed by atoms with E-state index in [0.717, 1.165) is 12.8 Å². The predicted octanol–water partition coefficient (Wildman–Crippen LogP) is 4.20. The highest BCUT2D eigenvalue weighted by atomic mass is 32.1. The van der Waals surface area contributed by atoms with Crippen LogP contribution in [-0.2, 0) is 0 Å². The van der Waals surface area contributed by atoms with Crippen LogP contribution in [0, 0.1) is 17.0 Å². The first-order valence-corrected chi connectivity index (χ1v) is 9.45. The largest absolute Gasteiger partial charge is 0.493 e. The summed E-state index contributed by atoms with van der Waals surface area (Å²) < 4.78 is 10.8. The van der Waals surface area contributed by atoms with Gasteiger partial charge in [-0.3, -0.25) is 20.3 Å². The summed E-state index contributed by atoms with van der Waals surface area (Å²) >= 11 is 1.19. The number of Topliss-reactive ketones (excluding diaryl/α,β-unsaturated/α-hetero) is 1. The van der Waals surface area contributed by atoms with Crippen LogP contribution in [0.3, 0.4) is 0 Å². The molecule has 0 bridgehead atoms. The molecule has 1 heterocycles. The van der Waals surface area contributed by atoms with E-state index in [0.29, 0.717) is 27.9 Å². The number of hydrogen-bond donors (Lipinski definition) is 1. The van der Waals surface area contributed by atoms with E-state index in [1.54, 1.807) is 13.0 Å². The number of aryl methyl sites for hydroxylation is 1. The SMILES string of the molecule is CCCCOc1c(OC)cc(/C=N\Nc2nc(C)c(C(C)=O)s2)cc1[N+](=O)[O-]. The third kappa shape index (κ3) is 5.26. The van der Waals surface area contributed by atoms with E-state index < -0.39 is 4.92 Å². The molecule has 0 spiro atoms. The second-order valence-corrected chi connectivity index (χ2v) is 6.89. The number of nitro benzene ring substituents is 1. The molecule has 1 aromatic carbocycles. The number of aromatic nitrogens is 1. The quantitative estimate of drug-likeness (QED) is 0.207. The molecule has 0 aliphatic rings. The molecule has 0 atom stereocenters. The number of nitrogens with zero attached hydrogens (tertiary/aromatic N) is 3. The van der Waals surface area contributed by atoms with Gasteiger partial charge < -0.3 is 9.47 Å². The molecule has 28 heavy (non-hydrogen) atoms. The van der Waals surface area contributed by atoms with Crippen molar-refractivity contribution in [2.45, 2.75) is 33.6 Å². The Labute approximate surface area is 166 Å². The Morgan fingerprint density at radius 3 is 2.79 bits per heavy atom. The predicted molar refractivity (Wildman–Crippen MR) is 108 cm³/mol. The maximum atomic E-state index is 11.5. The Hall–Kier alpha value is -3.01. The van der Waals surface area contributed by atoms with Gasteiger partial charge in [-0.15, -0.1) is 0 Å². The number of hydrazone groups is 1. The number of unbranched alkanes of at least 4 members (excludes halogenated alkanes) is 1. The summed E-state index contributed by atoms with van der Waals surface area (Å²) in [7, 11) is 1.42. The Morgan fingerprint density at radius 2 is 2.21 bits per heavy atom.